The molecule has 0 amide bonds. The zero-order valence-corrected chi connectivity index (χ0v) is 12.7. The number of H-pyrrole nitrogens is 2. The second-order valence-electron chi connectivity index (χ2n) is 5.85. The minimum Gasteiger partial charge on any atom is -0.352 e. The van der Waals surface area contributed by atoms with E-state index in [-0.39, 0.29) is 5.56 Å². The Bertz CT molecular complexity index is 1270. The Balaban J connectivity index is 2.00. The molecule has 0 aliphatic rings. The van der Waals surface area contributed by atoms with Crippen LogP contribution in [-0.4, -0.2) is 15.2 Å². The fraction of sp³-hybridized carbons (Fsp3) is 0. The van der Waals surface area contributed by atoms with E-state index in [0.717, 1.165) is 38.4 Å². The van der Waals surface area contributed by atoms with E-state index >= 15 is 0 Å². The molecule has 0 saturated heterocycles. The van der Waals surface area contributed by atoms with Crippen LogP contribution in [0.15, 0.2) is 71.5 Å². The molecule has 4 nitrogen and oxygen atoms in total. The zero-order chi connectivity index (χ0) is 16.1. The summed E-state index contributed by atoms with van der Waals surface area (Å²) in [6, 6.07) is 22.1. The van der Waals surface area contributed by atoms with E-state index in [0.29, 0.717) is 5.39 Å². The van der Waals surface area contributed by atoms with Gasteiger partial charge in [0.2, 0.25) is 0 Å². The molecule has 0 bridgehead atoms. The Morgan fingerprint density at radius 3 is 2.42 bits per heavy atom. The van der Waals surface area contributed by atoms with Crippen molar-refractivity contribution >= 4 is 32.6 Å². The van der Waals surface area contributed by atoms with Crippen molar-refractivity contribution in [3.8, 4) is 11.3 Å². The summed E-state index contributed by atoms with van der Waals surface area (Å²) in [5, 5.41) is 10.7. The molecule has 2 heterocycles. The molecule has 0 aliphatic heterocycles. The van der Waals surface area contributed by atoms with Crippen LogP contribution in [0.2, 0.25) is 0 Å². The number of hydrogen-bond donors (Lipinski definition) is 2. The van der Waals surface area contributed by atoms with Gasteiger partial charge in [0.15, 0.2) is 0 Å². The van der Waals surface area contributed by atoms with Gasteiger partial charge in [-0.2, -0.15) is 5.10 Å². The monoisotopic (exact) mass is 311 g/mol. The molecule has 5 rings (SSSR count). The molecule has 0 radical (unpaired) electrons. The van der Waals surface area contributed by atoms with Crippen molar-refractivity contribution in [2.45, 2.75) is 0 Å². The fourth-order valence-electron chi connectivity index (χ4n) is 3.37. The van der Waals surface area contributed by atoms with Gasteiger partial charge in [-0.05, 0) is 5.39 Å². The number of nitrogens with one attached hydrogen (secondary N) is 2. The van der Waals surface area contributed by atoms with E-state index in [2.05, 4.69) is 27.3 Å². The van der Waals surface area contributed by atoms with Crippen molar-refractivity contribution in [1.82, 2.24) is 15.2 Å². The summed E-state index contributed by atoms with van der Waals surface area (Å²) in [7, 11) is 0. The highest BCUT2D eigenvalue weighted by Crippen LogP contribution is 2.32. The van der Waals surface area contributed by atoms with Gasteiger partial charge in [0.1, 0.15) is 5.69 Å². The number of aromatic amines is 2. The highest BCUT2D eigenvalue weighted by atomic mass is 16.1. The maximum atomic E-state index is 12.4. The summed E-state index contributed by atoms with van der Waals surface area (Å²) in [4.78, 5) is 15.9. The lowest BCUT2D eigenvalue weighted by molar-refractivity contribution is 1.02. The van der Waals surface area contributed by atoms with E-state index in [1.54, 1.807) is 0 Å². The van der Waals surface area contributed by atoms with E-state index < -0.39 is 0 Å². The lowest BCUT2D eigenvalue weighted by Gasteiger charge is -2.01. The van der Waals surface area contributed by atoms with Gasteiger partial charge in [0.05, 0.1) is 16.4 Å². The summed E-state index contributed by atoms with van der Waals surface area (Å²) in [6.07, 6.45) is 0. The zero-order valence-electron chi connectivity index (χ0n) is 12.7. The maximum absolute atomic E-state index is 12.4. The predicted octanol–water partition coefficient (Wildman–Crippen LogP) is 4.22. The molecule has 0 spiro atoms. The molecular formula is C20H13N3O. The van der Waals surface area contributed by atoms with Crippen molar-refractivity contribution in [3.63, 3.8) is 0 Å². The van der Waals surface area contributed by atoms with Crippen LogP contribution >= 0.6 is 0 Å². The fourth-order valence-corrected chi connectivity index (χ4v) is 3.37. The molecule has 0 atom stereocenters. The molecule has 24 heavy (non-hydrogen) atoms. The van der Waals surface area contributed by atoms with Gasteiger partial charge in [-0.25, -0.2) is 5.10 Å². The molecular weight excluding hydrogens is 298 g/mol. The highest BCUT2D eigenvalue weighted by molar-refractivity contribution is 6.18. The average molecular weight is 311 g/mol. The van der Waals surface area contributed by atoms with Gasteiger partial charge < -0.3 is 4.98 Å². The molecule has 0 aliphatic carbocycles. The van der Waals surface area contributed by atoms with Crippen molar-refractivity contribution in [2.24, 2.45) is 0 Å². The SMILES string of the molecule is O=c1[nH]nc(-c2ccccc2)c2[nH]c3c4ccccc4ccc3c12. The van der Waals surface area contributed by atoms with Gasteiger partial charge in [-0.1, -0.05) is 66.7 Å². The third-order valence-corrected chi connectivity index (χ3v) is 4.48. The summed E-state index contributed by atoms with van der Waals surface area (Å²) in [5.41, 5.74) is 3.29. The van der Waals surface area contributed by atoms with Crippen LogP contribution in [0, 0.1) is 0 Å². The van der Waals surface area contributed by atoms with Gasteiger partial charge in [-0.15, -0.1) is 0 Å². The van der Waals surface area contributed by atoms with Crippen molar-refractivity contribution in [1.29, 1.82) is 0 Å². The molecule has 3 aromatic carbocycles. The van der Waals surface area contributed by atoms with Crippen LogP contribution in [0.4, 0.5) is 0 Å². The normalized spacial score (nSPS) is 11.5. The third-order valence-electron chi connectivity index (χ3n) is 4.48. The number of rotatable bonds is 1. The second kappa shape index (κ2) is 4.80. The molecule has 4 heteroatoms. The standard InChI is InChI=1S/C20H13N3O/c24-20-16-15-11-10-12-6-4-5-9-14(12)18(15)21-19(16)17(22-23-20)13-7-2-1-3-8-13/h1-11,21H,(H,23,24). The first kappa shape index (κ1) is 13.1. The number of benzene rings is 3. The number of nitrogens with zero attached hydrogens (tertiary/aromatic N) is 1. The summed E-state index contributed by atoms with van der Waals surface area (Å²) >= 11 is 0. The molecule has 5 aromatic rings. The Labute approximate surface area is 136 Å². The van der Waals surface area contributed by atoms with Gasteiger partial charge in [-0.3, -0.25) is 4.79 Å². The summed E-state index contributed by atoms with van der Waals surface area (Å²) in [5.74, 6) is 0. The highest BCUT2D eigenvalue weighted by Gasteiger charge is 2.15. The number of fused-ring (bicyclic) bond motifs is 5. The van der Waals surface area contributed by atoms with Crippen molar-refractivity contribution in [3.05, 3.63) is 77.1 Å². The van der Waals surface area contributed by atoms with Gasteiger partial charge >= 0.3 is 0 Å². The number of hydrogen-bond acceptors (Lipinski definition) is 2. The second-order valence-corrected chi connectivity index (χ2v) is 5.85. The number of aromatic nitrogens is 3. The first-order chi connectivity index (χ1) is 11.8. The maximum Gasteiger partial charge on any atom is 0.274 e. The Hall–Kier alpha value is -3.40. The van der Waals surface area contributed by atoms with Crippen LogP contribution in [0.1, 0.15) is 0 Å². The van der Waals surface area contributed by atoms with Crippen LogP contribution in [0.5, 0.6) is 0 Å². The Morgan fingerprint density at radius 1 is 0.750 bits per heavy atom. The smallest absolute Gasteiger partial charge is 0.274 e. The van der Waals surface area contributed by atoms with E-state index in [9.17, 15) is 4.79 Å². The third kappa shape index (κ3) is 1.74. The Morgan fingerprint density at radius 2 is 1.54 bits per heavy atom. The van der Waals surface area contributed by atoms with E-state index in [1.165, 1.54) is 0 Å². The topological polar surface area (TPSA) is 61.5 Å². The van der Waals surface area contributed by atoms with Crippen LogP contribution in [0.3, 0.4) is 0 Å². The molecule has 114 valence electrons. The molecule has 2 N–H and O–H groups in total. The molecule has 0 saturated carbocycles. The van der Waals surface area contributed by atoms with Gasteiger partial charge in [0, 0.05) is 16.3 Å². The summed E-state index contributed by atoms with van der Waals surface area (Å²) in [6.45, 7) is 0. The first-order valence-corrected chi connectivity index (χ1v) is 7.80. The van der Waals surface area contributed by atoms with Crippen LogP contribution in [-0.2, 0) is 0 Å². The van der Waals surface area contributed by atoms with E-state index in [1.807, 2.05) is 54.6 Å². The first-order valence-electron chi connectivity index (χ1n) is 7.80. The van der Waals surface area contributed by atoms with Crippen molar-refractivity contribution in [2.75, 3.05) is 0 Å². The van der Waals surface area contributed by atoms with E-state index in [4.69, 9.17) is 0 Å². The van der Waals surface area contributed by atoms with Crippen LogP contribution < -0.4 is 5.56 Å². The molecule has 2 aromatic heterocycles. The minimum absolute atomic E-state index is 0.175. The lowest BCUT2D eigenvalue weighted by Crippen LogP contribution is -2.08. The molecule has 0 fully saturated rings. The minimum atomic E-state index is -0.175. The lowest BCUT2D eigenvalue weighted by atomic mass is 10.1. The van der Waals surface area contributed by atoms with Crippen LogP contribution in [0.25, 0.3) is 43.8 Å². The Kier molecular flexibility index (Phi) is 2.61. The molecule has 0 unspecified atom stereocenters. The quantitative estimate of drug-likeness (QED) is 0.487. The average Bonchev–Trinajstić information content (AvgIpc) is 3.03. The van der Waals surface area contributed by atoms with Crippen molar-refractivity contribution < 1.29 is 0 Å². The predicted molar refractivity (Wildman–Crippen MR) is 97.2 cm³/mol. The summed E-state index contributed by atoms with van der Waals surface area (Å²) < 4.78 is 0. The largest absolute Gasteiger partial charge is 0.352 e. The van der Waals surface area contributed by atoms with Gasteiger partial charge in [0.25, 0.3) is 5.56 Å².